The first-order chi connectivity index (χ1) is 4.27. The van der Waals surface area contributed by atoms with Gasteiger partial charge in [0.15, 0.2) is 0 Å². The van der Waals surface area contributed by atoms with Crippen molar-refractivity contribution >= 4 is 25.1 Å². The normalized spacial score (nSPS) is 29.4. The molecule has 1 heterocycles. The lowest BCUT2D eigenvalue weighted by Gasteiger charge is -2.12. The van der Waals surface area contributed by atoms with Gasteiger partial charge in [0.25, 0.3) is 0 Å². The summed E-state index contributed by atoms with van der Waals surface area (Å²) in [6.07, 6.45) is 6.53. The zero-order chi connectivity index (χ0) is 6.74. The molecule has 0 aromatic heterocycles. The molecule has 1 N–H and O–H groups in total. The minimum absolute atomic E-state index is 0. The summed E-state index contributed by atoms with van der Waals surface area (Å²) in [6.45, 7) is 1.82. The summed E-state index contributed by atoms with van der Waals surface area (Å²) in [6, 6.07) is 0. The van der Waals surface area contributed by atoms with Crippen LogP contribution < -0.4 is 0 Å². The SMILES string of the molecule is CP1(CCO)=CC=CC1.Cl. The summed E-state index contributed by atoms with van der Waals surface area (Å²) < 4.78 is 0. The summed E-state index contributed by atoms with van der Waals surface area (Å²) in [4.78, 5) is 0. The van der Waals surface area contributed by atoms with Crippen molar-refractivity contribution in [1.82, 2.24) is 0 Å². The molecule has 60 valence electrons. The molecule has 1 atom stereocenters. The fraction of sp³-hybridized carbons (Fsp3) is 0.571. The average Bonchev–Trinajstić information content (AvgIpc) is 2.16. The van der Waals surface area contributed by atoms with Crippen LogP contribution in [-0.4, -0.2) is 36.5 Å². The second kappa shape index (κ2) is 4.23. The summed E-state index contributed by atoms with van der Waals surface area (Å²) in [5.41, 5.74) is 0. The first kappa shape index (κ1) is 10.3. The van der Waals surface area contributed by atoms with Crippen molar-refractivity contribution in [3.05, 3.63) is 12.2 Å². The van der Waals surface area contributed by atoms with Crippen molar-refractivity contribution in [2.45, 2.75) is 0 Å². The van der Waals surface area contributed by atoms with Crippen LogP contribution in [-0.2, 0) is 0 Å². The van der Waals surface area contributed by atoms with E-state index < -0.39 is 6.89 Å². The Morgan fingerprint density at radius 3 is 2.70 bits per heavy atom. The van der Waals surface area contributed by atoms with Crippen LogP contribution in [0.3, 0.4) is 0 Å². The highest BCUT2D eigenvalue weighted by Gasteiger charge is 2.09. The van der Waals surface area contributed by atoms with Gasteiger partial charge in [0, 0.05) is 6.61 Å². The average molecular weight is 181 g/mol. The molecule has 0 aromatic rings. The molecule has 1 aliphatic rings. The van der Waals surface area contributed by atoms with Crippen molar-refractivity contribution in [2.24, 2.45) is 0 Å². The molecule has 0 aliphatic carbocycles. The molecule has 1 rings (SSSR count). The molecule has 0 saturated carbocycles. The molecule has 0 spiro atoms. The van der Waals surface area contributed by atoms with E-state index in [9.17, 15) is 0 Å². The second-order valence-corrected chi connectivity index (χ2v) is 6.76. The Bertz CT molecular complexity index is 174. The Hall–Kier alpha value is 0.290. The molecule has 1 unspecified atom stereocenters. The predicted octanol–water partition coefficient (Wildman–Crippen LogP) is 1.42. The Morgan fingerprint density at radius 2 is 2.30 bits per heavy atom. The lowest BCUT2D eigenvalue weighted by atomic mass is 10.6. The molecule has 0 aromatic carbocycles. The lowest BCUT2D eigenvalue weighted by molar-refractivity contribution is 0.321. The number of hydrogen-bond donors (Lipinski definition) is 1. The quantitative estimate of drug-likeness (QED) is 0.638. The zero-order valence-electron chi connectivity index (χ0n) is 6.16. The van der Waals surface area contributed by atoms with Crippen molar-refractivity contribution in [3.63, 3.8) is 0 Å². The number of hydrogen-bond acceptors (Lipinski definition) is 1. The van der Waals surface area contributed by atoms with Gasteiger partial charge >= 0.3 is 0 Å². The molecular formula is C7H14ClOP. The van der Waals surface area contributed by atoms with E-state index in [1.54, 1.807) is 0 Å². The Balaban J connectivity index is 0.000000810. The largest absolute Gasteiger partial charge is 0.396 e. The maximum atomic E-state index is 8.67. The summed E-state index contributed by atoms with van der Waals surface area (Å²) in [5.74, 6) is 2.28. The van der Waals surface area contributed by atoms with Gasteiger partial charge in [-0.2, -0.15) is 0 Å². The van der Waals surface area contributed by atoms with E-state index in [0.29, 0.717) is 6.61 Å². The lowest BCUT2D eigenvalue weighted by Crippen LogP contribution is -1.95. The fourth-order valence-electron chi connectivity index (χ4n) is 1.03. The second-order valence-electron chi connectivity index (χ2n) is 2.69. The van der Waals surface area contributed by atoms with E-state index in [-0.39, 0.29) is 12.4 Å². The van der Waals surface area contributed by atoms with Crippen LogP contribution in [0.1, 0.15) is 0 Å². The fourth-order valence-corrected chi connectivity index (χ4v) is 3.08. The maximum absolute atomic E-state index is 8.67. The first-order valence-electron chi connectivity index (χ1n) is 3.23. The topological polar surface area (TPSA) is 20.2 Å². The maximum Gasteiger partial charge on any atom is 0.0470 e. The van der Waals surface area contributed by atoms with Crippen LogP contribution in [0.5, 0.6) is 0 Å². The number of halogens is 1. The highest BCUT2D eigenvalue weighted by Crippen LogP contribution is 2.44. The molecule has 1 aliphatic heterocycles. The van der Waals surface area contributed by atoms with Gasteiger partial charge in [-0.1, -0.05) is 17.9 Å². The molecule has 10 heavy (non-hydrogen) atoms. The van der Waals surface area contributed by atoms with E-state index in [1.165, 1.54) is 6.16 Å². The third kappa shape index (κ3) is 2.49. The van der Waals surface area contributed by atoms with E-state index >= 15 is 0 Å². The molecule has 0 fully saturated rings. The predicted molar refractivity (Wildman–Crippen MR) is 52.1 cm³/mol. The summed E-state index contributed by atoms with van der Waals surface area (Å²) >= 11 is 0. The summed E-state index contributed by atoms with van der Waals surface area (Å²) in [7, 11) is 0. The molecule has 0 bridgehead atoms. The first-order valence-corrected chi connectivity index (χ1v) is 5.90. The number of rotatable bonds is 2. The van der Waals surface area contributed by atoms with Gasteiger partial charge in [0.05, 0.1) is 0 Å². The van der Waals surface area contributed by atoms with Crippen molar-refractivity contribution in [2.75, 3.05) is 25.6 Å². The molecule has 3 heteroatoms. The minimum atomic E-state index is -0.806. The van der Waals surface area contributed by atoms with E-state index in [2.05, 4.69) is 24.6 Å². The van der Waals surface area contributed by atoms with Gasteiger partial charge in [-0.25, -0.2) is 0 Å². The van der Waals surface area contributed by atoms with Gasteiger partial charge in [0.2, 0.25) is 0 Å². The highest BCUT2D eigenvalue weighted by molar-refractivity contribution is 7.75. The monoisotopic (exact) mass is 180 g/mol. The third-order valence-electron chi connectivity index (χ3n) is 1.72. The molecule has 0 saturated heterocycles. The molecular weight excluding hydrogens is 167 g/mol. The van der Waals surface area contributed by atoms with Gasteiger partial charge in [-0.3, -0.25) is 0 Å². The Kier molecular flexibility index (Phi) is 4.35. The van der Waals surface area contributed by atoms with Crippen LogP contribution in [0.2, 0.25) is 0 Å². The number of aliphatic hydroxyl groups is 1. The van der Waals surface area contributed by atoms with Gasteiger partial charge < -0.3 is 5.11 Å². The smallest absolute Gasteiger partial charge is 0.0470 e. The van der Waals surface area contributed by atoms with Gasteiger partial charge in [-0.05, 0) is 19.0 Å². The van der Waals surface area contributed by atoms with E-state index in [0.717, 1.165) is 6.16 Å². The number of aliphatic hydroxyl groups excluding tert-OH is 1. The summed E-state index contributed by atoms with van der Waals surface area (Å²) in [5, 5.41) is 8.67. The van der Waals surface area contributed by atoms with Gasteiger partial charge in [0.1, 0.15) is 0 Å². The van der Waals surface area contributed by atoms with Gasteiger partial charge in [-0.15, -0.1) is 19.3 Å². The highest BCUT2D eigenvalue weighted by atomic mass is 35.5. The minimum Gasteiger partial charge on any atom is -0.396 e. The molecule has 1 nitrogen and oxygen atoms in total. The van der Waals surface area contributed by atoms with Crippen LogP contribution >= 0.6 is 19.3 Å². The van der Waals surface area contributed by atoms with Crippen molar-refractivity contribution < 1.29 is 5.11 Å². The van der Waals surface area contributed by atoms with Crippen LogP contribution in [0.15, 0.2) is 12.2 Å². The third-order valence-corrected chi connectivity index (χ3v) is 4.87. The zero-order valence-corrected chi connectivity index (χ0v) is 7.87. The standard InChI is InChI=1S/C7H13OP.ClH/c1-9(7-4-8)5-2-3-6-9;/h2-3,5,8H,4,6-7H2,1H3;1H. The van der Waals surface area contributed by atoms with Crippen molar-refractivity contribution in [1.29, 1.82) is 0 Å². The van der Waals surface area contributed by atoms with Crippen LogP contribution in [0, 0.1) is 0 Å². The Morgan fingerprint density at radius 1 is 1.60 bits per heavy atom. The van der Waals surface area contributed by atoms with Crippen molar-refractivity contribution in [3.8, 4) is 0 Å². The van der Waals surface area contributed by atoms with E-state index in [4.69, 9.17) is 5.11 Å². The number of allylic oxidation sites excluding steroid dienone is 2. The Labute approximate surface area is 68.5 Å². The van der Waals surface area contributed by atoms with Crippen LogP contribution in [0.4, 0.5) is 0 Å². The molecule has 0 radical (unpaired) electrons. The molecule has 0 amide bonds. The van der Waals surface area contributed by atoms with Crippen LogP contribution in [0.25, 0.3) is 0 Å². The van der Waals surface area contributed by atoms with E-state index in [1.807, 2.05) is 0 Å².